The predicted octanol–water partition coefficient (Wildman–Crippen LogP) is 2.72. The number of hydrogen-bond acceptors (Lipinski definition) is 2. The van der Waals surface area contributed by atoms with Crippen molar-refractivity contribution < 1.29 is 4.74 Å². The van der Waals surface area contributed by atoms with E-state index in [2.05, 4.69) is 20.9 Å². The largest absolute Gasteiger partial charge is 0.493 e. The molecule has 2 heterocycles. The molecule has 14 heavy (non-hydrogen) atoms. The van der Waals surface area contributed by atoms with Gasteiger partial charge in [0.15, 0.2) is 11.4 Å². The summed E-state index contributed by atoms with van der Waals surface area (Å²) in [5.74, 6) is 0.788. The van der Waals surface area contributed by atoms with Crippen LogP contribution in [0.25, 0.3) is 5.65 Å². The van der Waals surface area contributed by atoms with E-state index in [0.29, 0.717) is 0 Å². The maximum Gasteiger partial charge on any atom is 0.180 e. The zero-order valence-corrected chi connectivity index (χ0v) is 9.92. The van der Waals surface area contributed by atoms with Crippen LogP contribution in [0.15, 0.2) is 16.7 Å². The molecule has 2 aromatic rings. The molecule has 0 spiro atoms. The number of nitrogens with zero attached hydrogens (tertiary/aromatic N) is 2. The number of aromatic nitrogens is 2. The maximum atomic E-state index is 5.26. The molecule has 4 heteroatoms. The van der Waals surface area contributed by atoms with Crippen LogP contribution in [-0.2, 0) is 0 Å². The molecule has 0 atom stereocenters. The Morgan fingerprint density at radius 3 is 2.79 bits per heavy atom. The summed E-state index contributed by atoms with van der Waals surface area (Å²) in [6.07, 6.45) is 1.99. The Bertz CT molecular complexity index is 490. The summed E-state index contributed by atoms with van der Waals surface area (Å²) in [5.41, 5.74) is 3.03. The van der Waals surface area contributed by atoms with Gasteiger partial charge < -0.3 is 4.74 Å². The van der Waals surface area contributed by atoms with Crippen molar-refractivity contribution in [3.05, 3.63) is 28.1 Å². The van der Waals surface area contributed by atoms with Crippen LogP contribution < -0.4 is 4.74 Å². The molecule has 0 amide bonds. The molecule has 3 nitrogen and oxygen atoms in total. The number of ether oxygens (including phenoxy) is 1. The number of fused-ring (bicyclic) bond motifs is 1. The van der Waals surface area contributed by atoms with Gasteiger partial charge >= 0.3 is 0 Å². The summed E-state index contributed by atoms with van der Waals surface area (Å²) >= 11 is 3.44. The summed E-state index contributed by atoms with van der Waals surface area (Å²) in [6.45, 7) is 4.04. The summed E-state index contributed by atoms with van der Waals surface area (Å²) in [4.78, 5) is 4.44. The molecule has 0 aliphatic rings. The second-order valence-corrected chi connectivity index (χ2v) is 4.12. The maximum absolute atomic E-state index is 5.26. The third-order valence-electron chi connectivity index (χ3n) is 2.35. The minimum atomic E-state index is 0.788. The zero-order valence-electron chi connectivity index (χ0n) is 8.34. The van der Waals surface area contributed by atoms with Crippen LogP contribution in [0.3, 0.4) is 0 Å². The van der Waals surface area contributed by atoms with Crippen LogP contribution in [0.2, 0.25) is 0 Å². The second kappa shape index (κ2) is 3.28. The number of halogens is 1. The van der Waals surface area contributed by atoms with Gasteiger partial charge in [0, 0.05) is 16.4 Å². The van der Waals surface area contributed by atoms with Gasteiger partial charge in [-0.1, -0.05) is 0 Å². The van der Waals surface area contributed by atoms with Gasteiger partial charge in [0.2, 0.25) is 0 Å². The third kappa shape index (κ3) is 1.30. The van der Waals surface area contributed by atoms with E-state index in [-0.39, 0.29) is 0 Å². The van der Waals surface area contributed by atoms with Gasteiger partial charge in [-0.3, -0.25) is 4.40 Å². The summed E-state index contributed by atoms with van der Waals surface area (Å²) < 4.78 is 8.28. The molecule has 0 radical (unpaired) electrons. The van der Waals surface area contributed by atoms with Gasteiger partial charge in [0.05, 0.1) is 12.8 Å². The SMILES string of the molecule is COc1cc(Br)cn2c(C)c(C)nc12. The average molecular weight is 255 g/mol. The first kappa shape index (κ1) is 9.52. The molecule has 74 valence electrons. The fourth-order valence-electron chi connectivity index (χ4n) is 1.46. The Morgan fingerprint density at radius 1 is 1.43 bits per heavy atom. The van der Waals surface area contributed by atoms with Crippen molar-refractivity contribution in [1.82, 2.24) is 9.38 Å². The molecule has 0 aliphatic heterocycles. The molecule has 0 fully saturated rings. The minimum Gasteiger partial charge on any atom is -0.493 e. The molecular weight excluding hydrogens is 244 g/mol. The van der Waals surface area contributed by atoms with Crippen LogP contribution in [0.5, 0.6) is 5.75 Å². The van der Waals surface area contributed by atoms with E-state index in [0.717, 1.165) is 27.3 Å². The first-order valence-electron chi connectivity index (χ1n) is 4.32. The van der Waals surface area contributed by atoms with Gasteiger partial charge in [0.25, 0.3) is 0 Å². The first-order valence-corrected chi connectivity index (χ1v) is 5.11. The lowest BCUT2D eigenvalue weighted by Gasteiger charge is -2.03. The Balaban J connectivity index is 2.87. The normalized spacial score (nSPS) is 10.9. The van der Waals surface area contributed by atoms with E-state index >= 15 is 0 Å². The lowest BCUT2D eigenvalue weighted by molar-refractivity contribution is 0.416. The predicted molar refractivity (Wildman–Crippen MR) is 58.9 cm³/mol. The smallest absolute Gasteiger partial charge is 0.180 e. The quantitative estimate of drug-likeness (QED) is 0.783. The van der Waals surface area contributed by atoms with Crippen LogP contribution in [0, 0.1) is 13.8 Å². The Hall–Kier alpha value is -1.03. The second-order valence-electron chi connectivity index (χ2n) is 3.20. The van der Waals surface area contributed by atoms with Crippen molar-refractivity contribution in [2.75, 3.05) is 7.11 Å². The summed E-state index contributed by atoms with van der Waals surface area (Å²) in [6, 6.07) is 1.92. The molecule has 0 saturated heterocycles. The van der Waals surface area contributed by atoms with E-state index in [1.807, 2.05) is 30.5 Å². The van der Waals surface area contributed by atoms with Crippen LogP contribution in [-0.4, -0.2) is 16.5 Å². The van der Waals surface area contributed by atoms with Gasteiger partial charge in [-0.25, -0.2) is 4.98 Å². The molecule has 2 rings (SSSR count). The van der Waals surface area contributed by atoms with Crippen molar-refractivity contribution in [2.45, 2.75) is 13.8 Å². The Labute approximate surface area is 90.8 Å². The van der Waals surface area contributed by atoms with Crippen molar-refractivity contribution in [3.8, 4) is 5.75 Å². The average Bonchev–Trinajstić information content (AvgIpc) is 2.43. The van der Waals surface area contributed by atoms with Crippen molar-refractivity contribution in [3.63, 3.8) is 0 Å². The van der Waals surface area contributed by atoms with Crippen LogP contribution in [0.4, 0.5) is 0 Å². The van der Waals surface area contributed by atoms with Crippen molar-refractivity contribution in [2.24, 2.45) is 0 Å². The zero-order chi connectivity index (χ0) is 10.3. The van der Waals surface area contributed by atoms with E-state index in [9.17, 15) is 0 Å². The van der Waals surface area contributed by atoms with E-state index < -0.39 is 0 Å². The van der Waals surface area contributed by atoms with E-state index in [1.54, 1.807) is 7.11 Å². The van der Waals surface area contributed by atoms with Crippen molar-refractivity contribution in [1.29, 1.82) is 0 Å². The summed E-state index contributed by atoms with van der Waals surface area (Å²) in [7, 11) is 1.65. The molecule has 0 unspecified atom stereocenters. The monoisotopic (exact) mass is 254 g/mol. The molecule has 2 aromatic heterocycles. The first-order chi connectivity index (χ1) is 6.63. The number of hydrogen-bond donors (Lipinski definition) is 0. The number of imidazole rings is 1. The van der Waals surface area contributed by atoms with Crippen LogP contribution >= 0.6 is 15.9 Å². The molecule has 0 bridgehead atoms. The van der Waals surface area contributed by atoms with Crippen LogP contribution in [0.1, 0.15) is 11.4 Å². The molecule has 0 saturated carbocycles. The van der Waals surface area contributed by atoms with E-state index in [4.69, 9.17) is 4.74 Å². The summed E-state index contributed by atoms with van der Waals surface area (Å²) in [5, 5.41) is 0. The van der Waals surface area contributed by atoms with E-state index in [1.165, 1.54) is 0 Å². The van der Waals surface area contributed by atoms with Gasteiger partial charge in [0.1, 0.15) is 0 Å². The fourth-order valence-corrected chi connectivity index (χ4v) is 1.87. The van der Waals surface area contributed by atoms with Gasteiger partial charge in [-0.15, -0.1) is 0 Å². The lowest BCUT2D eigenvalue weighted by atomic mass is 10.4. The lowest BCUT2D eigenvalue weighted by Crippen LogP contribution is -1.92. The highest BCUT2D eigenvalue weighted by Crippen LogP contribution is 2.25. The Kier molecular flexibility index (Phi) is 2.23. The minimum absolute atomic E-state index is 0.788. The highest BCUT2D eigenvalue weighted by atomic mass is 79.9. The highest BCUT2D eigenvalue weighted by molar-refractivity contribution is 9.10. The number of methoxy groups -OCH3 is 1. The standard InChI is InChI=1S/C10H11BrN2O/c1-6-7(2)13-5-8(11)4-9(14-3)10(13)12-6/h4-5H,1-3H3. The molecule has 0 aromatic carbocycles. The Morgan fingerprint density at radius 2 is 2.14 bits per heavy atom. The van der Waals surface area contributed by atoms with Gasteiger partial charge in [-0.2, -0.15) is 0 Å². The number of aryl methyl sites for hydroxylation is 2. The highest BCUT2D eigenvalue weighted by Gasteiger charge is 2.09. The fraction of sp³-hybridized carbons (Fsp3) is 0.300. The van der Waals surface area contributed by atoms with Gasteiger partial charge in [-0.05, 0) is 35.8 Å². The molecule has 0 N–H and O–H groups in total. The topological polar surface area (TPSA) is 26.5 Å². The molecule has 0 aliphatic carbocycles. The third-order valence-corrected chi connectivity index (χ3v) is 2.78. The molecular formula is C10H11BrN2O. The van der Waals surface area contributed by atoms with Crippen molar-refractivity contribution >= 4 is 21.6 Å². The number of rotatable bonds is 1. The number of pyridine rings is 1.